The lowest BCUT2D eigenvalue weighted by Crippen LogP contribution is -1.93. The van der Waals surface area contributed by atoms with Crippen molar-refractivity contribution < 1.29 is 4.39 Å². The number of hydrogen-bond acceptors (Lipinski definition) is 2. The Hall–Kier alpha value is -2.34. The van der Waals surface area contributed by atoms with Crippen molar-refractivity contribution >= 4 is 11.4 Å². The summed E-state index contributed by atoms with van der Waals surface area (Å²) in [6.45, 7) is 4.07. The van der Waals surface area contributed by atoms with E-state index in [0.29, 0.717) is 5.69 Å². The molecule has 0 aromatic heterocycles. The topological polar surface area (TPSA) is 35.8 Å². The van der Waals surface area contributed by atoms with Crippen molar-refractivity contribution in [1.82, 2.24) is 0 Å². The maximum absolute atomic E-state index is 13.4. The summed E-state index contributed by atoms with van der Waals surface area (Å²) in [5, 5.41) is 11.8. The average molecular weight is 240 g/mol. The lowest BCUT2D eigenvalue weighted by Gasteiger charge is -2.09. The number of nitrogens with one attached hydrogen (secondary N) is 1. The van der Waals surface area contributed by atoms with Gasteiger partial charge in [-0.05, 0) is 55.3 Å². The van der Waals surface area contributed by atoms with Gasteiger partial charge < -0.3 is 5.32 Å². The van der Waals surface area contributed by atoms with Crippen LogP contribution in [0.15, 0.2) is 36.4 Å². The van der Waals surface area contributed by atoms with Crippen LogP contribution in [-0.4, -0.2) is 0 Å². The zero-order chi connectivity index (χ0) is 13.1. The number of aryl methyl sites for hydroxylation is 2. The van der Waals surface area contributed by atoms with Crippen molar-refractivity contribution in [2.75, 3.05) is 5.32 Å². The summed E-state index contributed by atoms with van der Waals surface area (Å²) in [6, 6.07) is 12.2. The quantitative estimate of drug-likeness (QED) is 0.859. The van der Waals surface area contributed by atoms with Crippen LogP contribution in [0.5, 0.6) is 0 Å². The van der Waals surface area contributed by atoms with Crippen molar-refractivity contribution in [1.29, 1.82) is 5.26 Å². The molecule has 0 spiro atoms. The highest BCUT2D eigenvalue weighted by atomic mass is 19.1. The fourth-order valence-corrected chi connectivity index (χ4v) is 1.67. The number of hydrogen-bond donors (Lipinski definition) is 1. The molecule has 0 atom stereocenters. The van der Waals surface area contributed by atoms with Gasteiger partial charge in [0.25, 0.3) is 0 Å². The molecule has 0 aliphatic rings. The van der Waals surface area contributed by atoms with E-state index in [-0.39, 0.29) is 5.56 Å². The Morgan fingerprint density at radius 2 is 1.67 bits per heavy atom. The SMILES string of the molecule is Cc1ccc(Nc2ccc(C#N)c(F)c2)cc1C. The Morgan fingerprint density at radius 3 is 2.28 bits per heavy atom. The third-order valence-corrected chi connectivity index (χ3v) is 2.89. The van der Waals surface area contributed by atoms with E-state index in [1.807, 2.05) is 32.0 Å². The molecule has 0 fully saturated rings. The fraction of sp³-hybridized carbons (Fsp3) is 0.133. The average Bonchev–Trinajstić information content (AvgIpc) is 2.34. The van der Waals surface area contributed by atoms with Crippen LogP contribution >= 0.6 is 0 Å². The van der Waals surface area contributed by atoms with Gasteiger partial charge in [-0.2, -0.15) is 5.26 Å². The first kappa shape index (κ1) is 12.1. The van der Waals surface area contributed by atoms with Crippen LogP contribution in [0.25, 0.3) is 0 Å². The maximum Gasteiger partial charge on any atom is 0.143 e. The van der Waals surface area contributed by atoms with Gasteiger partial charge in [-0.3, -0.25) is 0 Å². The summed E-state index contributed by atoms with van der Waals surface area (Å²) in [5.41, 5.74) is 3.98. The number of halogens is 1. The molecular weight excluding hydrogens is 227 g/mol. The smallest absolute Gasteiger partial charge is 0.143 e. The van der Waals surface area contributed by atoms with Crippen molar-refractivity contribution in [3.8, 4) is 6.07 Å². The minimum atomic E-state index is -0.508. The van der Waals surface area contributed by atoms with E-state index in [1.54, 1.807) is 12.1 Å². The first-order valence-corrected chi connectivity index (χ1v) is 5.64. The molecule has 2 aromatic rings. The molecule has 2 aromatic carbocycles. The number of anilines is 2. The molecule has 90 valence electrons. The van der Waals surface area contributed by atoms with Crippen LogP contribution in [-0.2, 0) is 0 Å². The van der Waals surface area contributed by atoms with Gasteiger partial charge in [0.15, 0.2) is 0 Å². The Morgan fingerprint density at radius 1 is 1.00 bits per heavy atom. The largest absolute Gasteiger partial charge is 0.355 e. The van der Waals surface area contributed by atoms with Crippen molar-refractivity contribution in [2.45, 2.75) is 13.8 Å². The molecule has 3 heteroatoms. The number of rotatable bonds is 2. The normalized spacial score (nSPS) is 9.89. The van der Waals surface area contributed by atoms with E-state index < -0.39 is 5.82 Å². The van der Waals surface area contributed by atoms with Crippen LogP contribution in [0.4, 0.5) is 15.8 Å². The number of nitrogens with zero attached hydrogens (tertiary/aromatic N) is 1. The summed E-state index contributed by atoms with van der Waals surface area (Å²) in [4.78, 5) is 0. The molecule has 0 saturated heterocycles. The van der Waals surface area contributed by atoms with Gasteiger partial charge in [-0.15, -0.1) is 0 Å². The monoisotopic (exact) mass is 240 g/mol. The van der Waals surface area contributed by atoms with Crippen molar-refractivity contribution in [3.63, 3.8) is 0 Å². The molecule has 0 heterocycles. The Kier molecular flexibility index (Phi) is 3.29. The van der Waals surface area contributed by atoms with Gasteiger partial charge in [0.1, 0.15) is 11.9 Å². The highest BCUT2D eigenvalue weighted by Gasteiger charge is 2.03. The van der Waals surface area contributed by atoms with E-state index in [9.17, 15) is 4.39 Å². The summed E-state index contributed by atoms with van der Waals surface area (Å²) in [5.74, 6) is -0.508. The van der Waals surface area contributed by atoms with Crippen molar-refractivity contribution in [2.24, 2.45) is 0 Å². The molecule has 0 amide bonds. The Labute approximate surface area is 106 Å². The van der Waals surface area contributed by atoms with E-state index in [4.69, 9.17) is 5.26 Å². The van der Waals surface area contributed by atoms with E-state index in [0.717, 1.165) is 5.69 Å². The molecule has 1 N–H and O–H groups in total. The van der Waals surface area contributed by atoms with Crippen molar-refractivity contribution in [3.05, 3.63) is 58.9 Å². The highest BCUT2D eigenvalue weighted by Crippen LogP contribution is 2.21. The van der Waals surface area contributed by atoms with Gasteiger partial charge in [0, 0.05) is 11.4 Å². The summed E-state index contributed by atoms with van der Waals surface area (Å²) < 4.78 is 13.4. The lowest BCUT2D eigenvalue weighted by atomic mass is 10.1. The molecule has 0 aliphatic carbocycles. The minimum absolute atomic E-state index is 0.0561. The van der Waals surface area contributed by atoms with Gasteiger partial charge in [0.05, 0.1) is 5.56 Å². The number of benzene rings is 2. The standard InChI is InChI=1S/C15H13FN2/c1-10-3-5-13(7-11(10)2)18-14-6-4-12(9-17)15(16)8-14/h3-8,18H,1-2H3. The molecule has 0 aliphatic heterocycles. The third kappa shape index (κ3) is 2.49. The molecule has 2 rings (SSSR count). The molecule has 0 bridgehead atoms. The van der Waals surface area contributed by atoms with Gasteiger partial charge in [-0.25, -0.2) is 4.39 Å². The predicted octanol–water partition coefficient (Wildman–Crippen LogP) is 4.06. The summed E-state index contributed by atoms with van der Waals surface area (Å²) >= 11 is 0. The summed E-state index contributed by atoms with van der Waals surface area (Å²) in [7, 11) is 0. The van der Waals surface area contributed by atoms with E-state index in [2.05, 4.69) is 5.32 Å². The molecule has 18 heavy (non-hydrogen) atoms. The number of nitriles is 1. The van der Waals surface area contributed by atoms with Crippen LogP contribution in [0.2, 0.25) is 0 Å². The Bertz CT molecular complexity index is 627. The first-order valence-electron chi connectivity index (χ1n) is 5.64. The van der Waals surface area contributed by atoms with Crippen LogP contribution in [0.1, 0.15) is 16.7 Å². The lowest BCUT2D eigenvalue weighted by molar-refractivity contribution is 0.624. The molecule has 0 saturated carbocycles. The van der Waals surface area contributed by atoms with Crippen LogP contribution in [0, 0.1) is 31.0 Å². The van der Waals surface area contributed by atoms with Gasteiger partial charge in [-0.1, -0.05) is 6.07 Å². The summed E-state index contributed by atoms with van der Waals surface area (Å²) in [6.07, 6.45) is 0. The zero-order valence-corrected chi connectivity index (χ0v) is 10.3. The molecular formula is C15H13FN2. The second kappa shape index (κ2) is 4.89. The second-order valence-electron chi connectivity index (χ2n) is 4.23. The molecule has 2 nitrogen and oxygen atoms in total. The maximum atomic E-state index is 13.4. The van der Waals surface area contributed by atoms with E-state index >= 15 is 0 Å². The fourth-order valence-electron chi connectivity index (χ4n) is 1.67. The van der Waals surface area contributed by atoms with Crippen LogP contribution < -0.4 is 5.32 Å². The first-order chi connectivity index (χ1) is 8.60. The van der Waals surface area contributed by atoms with Crippen LogP contribution in [0.3, 0.4) is 0 Å². The second-order valence-corrected chi connectivity index (χ2v) is 4.23. The third-order valence-electron chi connectivity index (χ3n) is 2.89. The molecule has 0 unspecified atom stereocenters. The predicted molar refractivity (Wildman–Crippen MR) is 70.3 cm³/mol. The molecule has 0 radical (unpaired) electrons. The van der Waals surface area contributed by atoms with E-state index in [1.165, 1.54) is 23.3 Å². The van der Waals surface area contributed by atoms with Gasteiger partial charge >= 0.3 is 0 Å². The Balaban J connectivity index is 2.26. The minimum Gasteiger partial charge on any atom is -0.355 e. The highest BCUT2D eigenvalue weighted by molar-refractivity contribution is 5.61. The van der Waals surface area contributed by atoms with Gasteiger partial charge in [0.2, 0.25) is 0 Å². The zero-order valence-electron chi connectivity index (χ0n) is 10.3.